The first-order valence-electron chi connectivity index (χ1n) is 9.25. The van der Waals surface area contributed by atoms with Gasteiger partial charge in [0.25, 0.3) is 0 Å². The van der Waals surface area contributed by atoms with Gasteiger partial charge < -0.3 is 4.98 Å². The first kappa shape index (κ1) is 18.2. The van der Waals surface area contributed by atoms with Crippen molar-refractivity contribution in [3.63, 3.8) is 0 Å². The van der Waals surface area contributed by atoms with Gasteiger partial charge in [-0.05, 0) is 55.6 Å². The molecule has 0 radical (unpaired) electrons. The second-order valence-electron chi connectivity index (χ2n) is 7.11. The Labute approximate surface area is 161 Å². The summed E-state index contributed by atoms with van der Waals surface area (Å²) in [6, 6.07) is 8.25. The number of nitriles is 1. The monoisotopic (exact) mass is 377 g/mol. The van der Waals surface area contributed by atoms with E-state index < -0.39 is 5.82 Å². The molecule has 0 spiro atoms. The van der Waals surface area contributed by atoms with Crippen molar-refractivity contribution >= 4 is 11.0 Å². The summed E-state index contributed by atoms with van der Waals surface area (Å²) in [6.07, 6.45) is 5.14. The van der Waals surface area contributed by atoms with Crippen molar-refractivity contribution in [1.29, 1.82) is 10.8 Å². The zero-order valence-corrected chi connectivity index (χ0v) is 15.3. The molecule has 0 bridgehead atoms. The Kier molecular flexibility index (Phi) is 5.08. The van der Waals surface area contributed by atoms with Crippen molar-refractivity contribution in [2.45, 2.75) is 25.4 Å². The fraction of sp³-hybridized carbons (Fsp3) is 0.350. The van der Waals surface area contributed by atoms with Gasteiger partial charge >= 0.3 is 0 Å². The van der Waals surface area contributed by atoms with Crippen LogP contribution in [0.1, 0.15) is 35.7 Å². The van der Waals surface area contributed by atoms with E-state index in [1.807, 2.05) is 18.3 Å². The lowest BCUT2D eigenvalue weighted by molar-refractivity contribution is 0.160. The van der Waals surface area contributed by atoms with Crippen LogP contribution in [0, 0.1) is 28.6 Å². The third-order valence-corrected chi connectivity index (χ3v) is 5.44. The number of rotatable bonds is 5. The third-order valence-electron chi connectivity index (χ3n) is 5.44. The van der Waals surface area contributed by atoms with E-state index in [1.54, 1.807) is 12.1 Å². The van der Waals surface area contributed by atoms with Crippen LogP contribution in [0.2, 0.25) is 0 Å². The molecule has 3 heterocycles. The summed E-state index contributed by atoms with van der Waals surface area (Å²) in [7, 11) is 0. The number of hydrogen-bond donors (Lipinski definition) is 2. The number of H-pyrrole nitrogens is 1. The number of halogens is 1. The molecule has 1 saturated heterocycles. The highest BCUT2D eigenvalue weighted by molar-refractivity contribution is 5.78. The molecule has 1 unspecified atom stereocenters. The van der Waals surface area contributed by atoms with Crippen LogP contribution in [0.3, 0.4) is 0 Å². The molecule has 1 aliphatic rings. The SMILES string of the molecule is N#Cc1cc(CN2CCC(C(N=N)c3ncnc4[nH]ccc34)CC2)ccc1F. The number of likely N-dealkylation sites (tertiary alicyclic amines) is 1. The van der Waals surface area contributed by atoms with E-state index in [2.05, 4.69) is 25.0 Å². The Morgan fingerprint density at radius 3 is 2.89 bits per heavy atom. The standard InChI is InChI=1S/C20H20FN7/c21-17-2-1-13(9-15(17)10-22)11-28-7-4-14(5-8-28)18(27-23)19-16-3-6-24-20(16)26-12-25-19/h1-3,6,9,12,14,18,23H,4-5,7-8,11H2,(H,24,25,26). The third kappa shape index (κ3) is 3.49. The average Bonchev–Trinajstić information content (AvgIpc) is 3.21. The molecule has 7 nitrogen and oxygen atoms in total. The van der Waals surface area contributed by atoms with Crippen LogP contribution in [-0.2, 0) is 6.54 Å². The largest absolute Gasteiger partial charge is 0.346 e. The predicted molar refractivity (Wildman–Crippen MR) is 101 cm³/mol. The number of hydrogen-bond acceptors (Lipinski definition) is 6. The van der Waals surface area contributed by atoms with Gasteiger partial charge in [0.2, 0.25) is 0 Å². The van der Waals surface area contributed by atoms with Crippen molar-refractivity contribution in [2.75, 3.05) is 13.1 Å². The molecule has 4 rings (SSSR count). The van der Waals surface area contributed by atoms with Crippen molar-refractivity contribution < 1.29 is 4.39 Å². The number of piperidine rings is 1. The van der Waals surface area contributed by atoms with Crippen LogP contribution in [0.5, 0.6) is 0 Å². The molecule has 1 aliphatic heterocycles. The highest BCUT2D eigenvalue weighted by Crippen LogP contribution is 2.35. The summed E-state index contributed by atoms with van der Waals surface area (Å²) in [4.78, 5) is 14.0. The van der Waals surface area contributed by atoms with Crippen molar-refractivity contribution in [3.8, 4) is 6.07 Å². The lowest BCUT2D eigenvalue weighted by Gasteiger charge is -2.34. The quantitative estimate of drug-likeness (QED) is 0.657. The summed E-state index contributed by atoms with van der Waals surface area (Å²) in [6.45, 7) is 2.40. The summed E-state index contributed by atoms with van der Waals surface area (Å²) in [5.41, 5.74) is 10.3. The minimum atomic E-state index is -0.481. The van der Waals surface area contributed by atoms with Gasteiger partial charge in [-0.15, -0.1) is 0 Å². The molecule has 2 aromatic heterocycles. The fourth-order valence-electron chi connectivity index (χ4n) is 3.96. The predicted octanol–water partition coefficient (Wildman–Crippen LogP) is 3.95. The normalized spacial score (nSPS) is 16.7. The van der Waals surface area contributed by atoms with Crippen molar-refractivity contribution in [3.05, 3.63) is 59.4 Å². The molecular weight excluding hydrogens is 357 g/mol. The maximum absolute atomic E-state index is 13.5. The fourth-order valence-corrected chi connectivity index (χ4v) is 3.96. The molecule has 28 heavy (non-hydrogen) atoms. The van der Waals surface area contributed by atoms with E-state index in [0.29, 0.717) is 6.54 Å². The Balaban J connectivity index is 1.44. The molecule has 8 heteroatoms. The highest BCUT2D eigenvalue weighted by Gasteiger charge is 2.30. The number of benzene rings is 1. The smallest absolute Gasteiger partial charge is 0.141 e. The van der Waals surface area contributed by atoms with Gasteiger partial charge in [0.05, 0.1) is 11.3 Å². The molecule has 0 aliphatic carbocycles. The Bertz CT molecular complexity index is 1030. The topological polar surface area (TPSA) is 105 Å². The van der Waals surface area contributed by atoms with Crippen LogP contribution >= 0.6 is 0 Å². The van der Waals surface area contributed by atoms with Crippen LogP contribution in [0.15, 0.2) is 41.9 Å². The minimum Gasteiger partial charge on any atom is -0.346 e. The summed E-state index contributed by atoms with van der Waals surface area (Å²) >= 11 is 0. The molecule has 1 aromatic carbocycles. The molecule has 142 valence electrons. The first-order chi connectivity index (χ1) is 13.7. The molecule has 0 saturated carbocycles. The van der Waals surface area contributed by atoms with Crippen LogP contribution in [0.4, 0.5) is 4.39 Å². The molecule has 0 amide bonds. The van der Waals surface area contributed by atoms with E-state index >= 15 is 0 Å². The van der Waals surface area contributed by atoms with E-state index in [1.165, 1.54) is 12.4 Å². The molecule has 1 atom stereocenters. The Morgan fingerprint density at radius 2 is 2.14 bits per heavy atom. The summed E-state index contributed by atoms with van der Waals surface area (Å²) < 4.78 is 13.5. The van der Waals surface area contributed by atoms with Gasteiger partial charge in [0.1, 0.15) is 29.9 Å². The van der Waals surface area contributed by atoms with Gasteiger partial charge in [0, 0.05) is 18.1 Å². The van der Waals surface area contributed by atoms with Gasteiger partial charge in [-0.25, -0.2) is 19.9 Å². The molecule has 1 fully saturated rings. The number of nitrogens with one attached hydrogen (secondary N) is 2. The maximum atomic E-state index is 13.5. The van der Waals surface area contributed by atoms with Gasteiger partial charge in [0.15, 0.2) is 0 Å². The lowest BCUT2D eigenvalue weighted by atomic mass is 9.87. The van der Waals surface area contributed by atoms with Crippen LogP contribution < -0.4 is 0 Å². The molecule has 2 N–H and O–H groups in total. The lowest BCUT2D eigenvalue weighted by Crippen LogP contribution is -2.35. The average molecular weight is 377 g/mol. The van der Waals surface area contributed by atoms with Gasteiger partial charge in [-0.3, -0.25) is 4.90 Å². The summed E-state index contributed by atoms with van der Waals surface area (Å²) in [5.74, 6) is -0.240. The second-order valence-corrected chi connectivity index (χ2v) is 7.11. The van der Waals surface area contributed by atoms with E-state index in [4.69, 9.17) is 10.8 Å². The Hall–Kier alpha value is -3.18. The number of aromatic nitrogens is 3. The maximum Gasteiger partial charge on any atom is 0.141 e. The minimum absolute atomic E-state index is 0.0831. The van der Waals surface area contributed by atoms with Gasteiger partial charge in [-0.2, -0.15) is 10.4 Å². The van der Waals surface area contributed by atoms with Crippen LogP contribution in [0.25, 0.3) is 11.0 Å². The van der Waals surface area contributed by atoms with Crippen molar-refractivity contribution in [1.82, 2.24) is 19.9 Å². The Morgan fingerprint density at radius 1 is 1.32 bits per heavy atom. The van der Waals surface area contributed by atoms with E-state index in [9.17, 15) is 4.39 Å². The number of fused-ring (bicyclic) bond motifs is 1. The van der Waals surface area contributed by atoms with Crippen LogP contribution in [-0.4, -0.2) is 32.9 Å². The second kappa shape index (κ2) is 7.82. The summed E-state index contributed by atoms with van der Waals surface area (Å²) in [5, 5.41) is 13.8. The zero-order chi connectivity index (χ0) is 19.5. The van der Waals surface area contributed by atoms with E-state index in [-0.39, 0.29) is 17.5 Å². The van der Waals surface area contributed by atoms with Crippen molar-refractivity contribution in [2.24, 2.45) is 11.0 Å². The number of aromatic amines is 1. The number of nitrogens with zero attached hydrogens (tertiary/aromatic N) is 5. The van der Waals surface area contributed by atoms with E-state index in [0.717, 1.165) is 48.2 Å². The first-order valence-corrected chi connectivity index (χ1v) is 9.25. The zero-order valence-electron chi connectivity index (χ0n) is 15.3. The highest BCUT2D eigenvalue weighted by atomic mass is 19.1. The van der Waals surface area contributed by atoms with Gasteiger partial charge in [-0.1, -0.05) is 6.07 Å². The molecule has 3 aromatic rings. The molecular formula is C20H20FN7.